The van der Waals surface area contributed by atoms with Crippen LogP contribution in [0.4, 0.5) is 0 Å². The van der Waals surface area contributed by atoms with Gasteiger partial charge in [-0.2, -0.15) is 0 Å². The molecule has 2 aliphatic carbocycles. The molecule has 2 fully saturated rings. The molecule has 1 N–H and O–H groups in total. The summed E-state index contributed by atoms with van der Waals surface area (Å²) in [5, 5.41) is 9.55. The standard InChI is InChI=1S/C17H22O3/c18-16(19)17(8-4-5-9-17)14-10-15(11-14)20-12-13-6-2-1-3-7-13/h1-3,6-7,14-15H,4-5,8-12H2,(H,18,19). The van der Waals surface area contributed by atoms with Crippen molar-refractivity contribution in [1.29, 1.82) is 0 Å². The van der Waals surface area contributed by atoms with Crippen LogP contribution in [0.2, 0.25) is 0 Å². The first-order chi connectivity index (χ1) is 9.71. The number of hydrogen-bond donors (Lipinski definition) is 1. The maximum Gasteiger partial charge on any atom is 0.309 e. The Morgan fingerprint density at radius 3 is 2.45 bits per heavy atom. The lowest BCUT2D eigenvalue weighted by molar-refractivity contribution is -0.161. The van der Waals surface area contributed by atoms with Gasteiger partial charge in [0, 0.05) is 0 Å². The fourth-order valence-electron chi connectivity index (χ4n) is 3.74. The van der Waals surface area contributed by atoms with Gasteiger partial charge < -0.3 is 9.84 Å². The molecular formula is C17H22O3. The highest BCUT2D eigenvalue weighted by molar-refractivity contribution is 5.75. The van der Waals surface area contributed by atoms with Crippen molar-refractivity contribution in [3.63, 3.8) is 0 Å². The first kappa shape index (κ1) is 13.6. The third-order valence-corrected chi connectivity index (χ3v) is 5.13. The summed E-state index contributed by atoms with van der Waals surface area (Å²) in [6.07, 6.45) is 5.93. The Morgan fingerprint density at radius 1 is 1.20 bits per heavy atom. The molecule has 0 spiro atoms. The third-order valence-electron chi connectivity index (χ3n) is 5.13. The second kappa shape index (κ2) is 5.57. The minimum atomic E-state index is -0.582. The van der Waals surface area contributed by atoms with Gasteiger partial charge in [0.1, 0.15) is 0 Å². The van der Waals surface area contributed by atoms with E-state index in [0.717, 1.165) is 38.5 Å². The molecule has 0 aromatic heterocycles. The van der Waals surface area contributed by atoms with Crippen molar-refractivity contribution >= 4 is 5.97 Å². The molecule has 108 valence electrons. The summed E-state index contributed by atoms with van der Waals surface area (Å²) in [5.74, 6) is -0.259. The Labute approximate surface area is 120 Å². The number of ether oxygens (including phenoxy) is 1. The minimum Gasteiger partial charge on any atom is -0.481 e. The molecule has 2 aliphatic rings. The van der Waals surface area contributed by atoms with E-state index in [4.69, 9.17) is 4.74 Å². The lowest BCUT2D eigenvalue weighted by Gasteiger charge is -2.44. The largest absolute Gasteiger partial charge is 0.481 e. The molecule has 1 aromatic rings. The van der Waals surface area contributed by atoms with E-state index in [1.165, 1.54) is 5.56 Å². The molecule has 0 amide bonds. The van der Waals surface area contributed by atoms with Crippen LogP contribution in [0.3, 0.4) is 0 Å². The highest BCUT2D eigenvalue weighted by Gasteiger charge is 2.52. The lowest BCUT2D eigenvalue weighted by atomic mass is 9.63. The highest BCUT2D eigenvalue weighted by Crippen LogP contribution is 2.53. The van der Waals surface area contributed by atoms with Crippen molar-refractivity contribution in [1.82, 2.24) is 0 Å². The number of hydrogen-bond acceptors (Lipinski definition) is 2. The van der Waals surface area contributed by atoms with Gasteiger partial charge in [-0.1, -0.05) is 43.2 Å². The molecule has 0 heterocycles. The molecule has 0 atom stereocenters. The monoisotopic (exact) mass is 274 g/mol. The first-order valence-electron chi connectivity index (χ1n) is 7.60. The van der Waals surface area contributed by atoms with Crippen molar-refractivity contribution in [3.05, 3.63) is 35.9 Å². The summed E-state index contributed by atoms with van der Waals surface area (Å²) in [6, 6.07) is 10.2. The molecule has 3 rings (SSSR count). The average molecular weight is 274 g/mol. The molecule has 1 aromatic carbocycles. The fraction of sp³-hybridized carbons (Fsp3) is 0.588. The molecule has 3 nitrogen and oxygen atoms in total. The molecule has 3 heteroatoms. The minimum absolute atomic E-state index is 0.247. The normalized spacial score (nSPS) is 28.0. The van der Waals surface area contributed by atoms with Gasteiger partial charge in [0.25, 0.3) is 0 Å². The van der Waals surface area contributed by atoms with Crippen LogP contribution in [-0.4, -0.2) is 17.2 Å². The molecule has 2 saturated carbocycles. The van der Waals surface area contributed by atoms with E-state index >= 15 is 0 Å². The van der Waals surface area contributed by atoms with Gasteiger partial charge in [-0.3, -0.25) is 4.79 Å². The number of carbonyl (C=O) groups is 1. The summed E-state index contributed by atoms with van der Waals surface area (Å²) < 4.78 is 5.89. The zero-order valence-corrected chi connectivity index (χ0v) is 11.8. The molecule has 0 saturated heterocycles. The maximum absolute atomic E-state index is 11.6. The van der Waals surface area contributed by atoms with E-state index in [0.29, 0.717) is 12.5 Å². The Hall–Kier alpha value is -1.35. The Kier molecular flexibility index (Phi) is 3.79. The van der Waals surface area contributed by atoms with E-state index in [1.807, 2.05) is 18.2 Å². The molecule has 0 unspecified atom stereocenters. The van der Waals surface area contributed by atoms with Gasteiger partial charge in [0.15, 0.2) is 0 Å². The van der Waals surface area contributed by atoms with Gasteiger partial charge >= 0.3 is 5.97 Å². The van der Waals surface area contributed by atoms with E-state index < -0.39 is 11.4 Å². The first-order valence-corrected chi connectivity index (χ1v) is 7.60. The topological polar surface area (TPSA) is 46.5 Å². The average Bonchev–Trinajstić information content (AvgIpc) is 2.89. The van der Waals surface area contributed by atoms with Crippen molar-refractivity contribution in [2.75, 3.05) is 0 Å². The fourth-order valence-corrected chi connectivity index (χ4v) is 3.74. The van der Waals surface area contributed by atoms with Crippen LogP contribution in [0.5, 0.6) is 0 Å². The Balaban J connectivity index is 1.50. The van der Waals surface area contributed by atoms with Crippen LogP contribution in [0, 0.1) is 11.3 Å². The van der Waals surface area contributed by atoms with Crippen molar-refractivity contribution in [3.8, 4) is 0 Å². The molecule has 0 radical (unpaired) electrons. The Morgan fingerprint density at radius 2 is 1.85 bits per heavy atom. The number of carboxylic acid groups (broad SMARTS) is 1. The lowest BCUT2D eigenvalue weighted by Crippen LogP contribution is -2.46. The molecule has 20 heavy (non-hydrogen) atoms. The van der Waals surface area contributed by atoms with Crippen LogP contribution in [-0.2, 0) is 16.1 Å². The third kappa shape index (κ3) is 2.47. The molecular weight excluding hydrogens is 252 g/mol. The van der Waals surface area contributed by atoms with Crippen molar-refractivity contribution in [2.24, 2.45) is 11.3 Å². The number of carboxylic acids is 1. The van der Waals surface area contributed by atoms with E-state index in [1.54, 1.807) is 0 Å². The smallest absolute Gasteiger partial charge is 0.309 e. The van der Waals surface area contributed by atoms with Gasteiger partial charge in [-0.05, 0) is 37.2 Å². The highest BCUT2D eigenvalue weighted by atomic mass is 16.5. The Bertz CT molecular complexity index is 456. The second-order valence-electron chi connectivity index (χ2n) is 6.26. The van der Waals surface area contributed by atoms with Crippen LogP contribution >= 0.6 is 0 Å². The summed E-state index contributed by atoms with van der Waals surface area (Å²) >= 11 is 0. The number of rotatable bonds is 5. The van der Waals surface area contributed by atoms with Gasteiger partial charge in [-0.25, -0.2) is 0 Å². The summed E-state index contributed by atoms with van der Waals surface area (Å²) in [5.41, 5.74) is 0.747. The van der Waals surface area contributed by atoms with Crippen molar-refractivity contribution < 1.29 is 14.6 Å². The second-order valence-corrected chi connectivity index (χ2v) is 6.26. The van der Waals surface area contributed by atoms with E-state index in [-0.39, 0.29) is 6.10 Å². The zero-order valence-electron chi connectivity index (χ0n) is 11.8. The van der Waals surface area contributed by atoms with Gasteiger partial charge in [0.05, 0.1) is 18.1 Å². The molecule has 0 aliphatic heterocycles. The summed E-state index contributed by atoms with van der Waals surface area (Å²) in [7, 11) is 0. The summed E-state index contributed by atoms with van der Waals surface area (Å²) in [6.45, 7) is 0.637. The van der Waals surface area contributed by atoms with Gasteiger partial charge in [0.2, 0.25) is 0 Å². The number of aliphatic carboxylic acids is 1. The molecule has 0 bridgehead atoms. The van der Waals surface area contributed by atoms with E-state index in [2.05, 4.69) is 12.1 Å². The van der Waals surface area contributed by atoms with Crippen LogP contribution in [0.15, 0.2) is 30.3 Å². The SMILES string of the molecule is O=C(O)C1(C2CC(OCc3ccccc3)C2)CCCC1. The van der Waals surface area contributed by atoms with E-state index in [9.17, 15) is 9.90 Å². The van der Waals surface area contributed by atoms with Crippen LogP contribution in [0.1, 0.15) is 44.1 Å². The van der Waals surface area contributed by atoms with Crippen LogP contribution in [0.25, 0.3) is 0 Å². The quantitative estimate of drug-likeness (QED) is 0.892. The van der Waals surface area contributed by atoms with Crippen LogP contribution < -0.4 is 0 Å². The predicted octanol–water partition coefficient (Wildman–Crippen LogP) is 3.63. The predicted molar refractivity (Wildman–Crippen MR) is 76.3 cm³/mol. The summed E-state index contributed by atoms with van der Waals surface area (Å²) in [4.78, 5) is 11.6. The van der Waals surface area contributed by atoms with Crippen molar-refractivity contribution in [2.45, 2.75) is 51.2 Å². The number of benzene rings is 1. The van der Waals surface area contributed by atoms with Gasteiger partial charge in [-0.15, -0.1) is 0 Å². The zero-order chi connectivity index (χ0) is 14.0. The maximum atomic E-state index is 11.6.